The van der Waals surface area contributed by atoms with E-state index in [1.165, 1.54) is 20.3 Å². The highest BCUT2D eigenvalue weighted by atomic mass is 16.1. The molecule has 56 valence electrons. The number of Topliss-reactive ketones (excluding diaryl/α,β-unsaturated/α-hetero) is 2. The molecule has 1 aliphatic carbocycles. The minimum Gasteiger partial charge on any atom is -0.300 e. The van der Waals surface area contributed by atoms with E-state index < -0.39 is 0 Å². The lowest BCUT2D eigenvalue weighted by molar-refractivity contribution is -0.124. The minimum absolute atomic E-state index is 0.0625. The monoisotopic (exact) mass is 140 g/mol. The van der Waals surface area contributed by atoms with E-state index in [1.807, 2.05) is 0 Å². The molecule has 0 saturated heterocycles. The Morgan fingerprint density at radius 3 is 1.50 bits per heavy atom. The van der Waals surface area contributed by atoms with Gasteiger partial charge < -0.3 is 0 Å². The van der Waals surface area contributed by atoms with Gasteiger partial charge in [-0.15, -0.1) is 0 Å². The van der Waals surface area contributed by atoms with Crippen molar-refractivity contribution >= 4 is 11.6 Å². The van der Waals surface area contributed by atoms with Crippen molar-refractivity contribution in [3.8, 4) is 0 Å². The Bertz CT molecular complexity index is 141. The molecule has 0 saturated carbocycles. The molecular formula is C8H12O2. The second kappa shape index (κ2) is 4.91. The topological polar surface area (TPSA) is 34.1 Å². The van der Waals surface area contributed by atoms with Crippen LogP contribution in [0.1, 0.15) is 26.7 Å². The molecule has 0 spiro atoms. The molecule has 0 unspecified atom stereocenters. The highest BCUT2D eigenvalue weighted by Crippen LogP contribution is 1.96. The predicted octanol–water partition coefficient (Wildman–Crippen LogP) is 1.50. The quantitative estimate of drug-likeness (QED) is 0.430. The third-order valence-electron chi connectivity index (χ3n) is 0.734. The molecule has 10 heavy (non-hydrogen) atoms. The second-order valence-electron chi connectivity index (χ2n) is 2.29. The summed E-state index contributed by atoms with van der Waals surface area (Å²) < 4.78 is 0. The van der Waals surface area contributed by atoms with E-state index in [0.717, 1.165) is 0 Å². The van der Waals surface area contributed by atoms with Gasteiger partial charge in [0.05, 0.1) is 6.42 Å². The van der Waals surface area contributed by atoms with Crippen LogP contribution in [0.5, 0.6) is 0 Å². The van der Waals surface area contributed by atoms with E-state index in [2.05, 4.69) is 12.2 Å². The number of carbonyl (C=O) groups is 2. The molecule has 0 heterocycles. The molecule has 0 fully saturated rings. The van der Waals surface area contributed by atoms with Crippen molar-refractivity contribution in [3.63, 3.8) is 0 Å². The van der Waals surface area contributed by atoms with Crippen LogP contribution in [0.4, 0.5) is 0 Å². The maximum absolute atomic E-state index is 10.0. The van der Waals surface area contributed by atoms with Crippen LogP contribution in [0, 0.1) is 0 Å². The third-order valence-corrected chi connectivity index (χ3v) is 0.734. The highest BCUT2D eigenvalue weighted by Gasteiger charge is 1.94. The van der Waals surface area contributed by atoms with Gasteiger partial charge in [-0.2, -0.15) is 0 Å². The fraction of sp³-hybridized carbons (Fsp3) is 0.500. The molecule has 2 heteroatoms. The Hall–Kier alpha value is -0.920. The van der Waals surface area contributed by atoms with Crippen LogP contribution in [0.2, 0.25) is 0 Å². The number of rotatable bonds is 2. The first-order chi connectivity index (χ1) is 4.63. The van der Waals surface area contributed by atoms with Crippen LogP contribution in [-0.4, -0.2) is 11.6 Å². The molecule has 0 amide bonds. The van der Waals surface area contributed by atoms with E-state index in [0.29, 0.717) is 0 Å². The summed E-state index contributed by atoms with van der Waals surface area (Å²) in [5.74, 6) is -0.125. The highest BCUT2D eigenvalue weighted by molar-refractivity contribution is 5.96. The average Bonchev–Trinajstić information content (AvgIpc) is 2.38. The van der Waals surface area contributed by atoms with Gasteiger partial charge in [-0.25, -0.2) is 0 Å². The standard InChI is InChI=1S/C5H8O2.C3H4/c1-4(6)3-5(2)7;1-2-3-1/h3H2,1-2H3;1-2H,3H2. The summed E-state index contributed by atoms with van der Waals surface area (Å²) in [5.41, 5.74) is 0. The average molecular weight is 140 g/mol. The van der Waals surface area contributed by atoms with Gasteiger partial charge in [-0.05, 0) is 20.3 Å². The van der Waals surface area contributed by atoms with Crippen molar-refractivity contribution in [2.45, 2.75) is 26.7 Å². The van der Waals surface area contributed by atoms with Crippen LogP contribution in [-0.2, 0) is 9.59 Å². The summed E-state index contributed by atoms with van der Waals surface area (Å²) in [6.45, 7) is 2.81. The van der Waals surface area contributed by atoms with Gasteiger partial charge in [-0.1, -0.05) is 12.2 Å². The molecule has 0 aromatic rings. The van der Waals surface area contributed by atoms with Gasteiger partial charge in [0, 0.05) is 0 Å². The first-order valence-electron chi connectivity index (χ1n) is 3.27. The van der Waals surface area contributed by atoms with E-state index in [9.17, 15) is 9.59 Å². The van der Waals surface area contributed by atoms with Crippen LogP contribution in [0.15, 0.2) is 12.2 Å². The van der Waals surface area contributed by atoms with Crippen molar-refractivity contribution in [1.82, 2.24) is 0 Å². The lowest BCUT2D eigenvalue weighted by atomic mass is 10.2. The molecule has 1 rings (SSSR count). The number of ketones is 2. The van der Waals surface area contributed by atoms with Gasteiger partial charge in [-0.3, -0.25) is 9.59 Å². The SMILES string of the molecule is C1=CC1.CC(=O)CC(C)=O. The van der Waals surface area contributed by atoms with E-state index in [1.54, 1.807) is 0 Å². The van der Waals surface area contributed by atoms with E-state index in [-0.39, 0.29) is 18.0 Å². The van der Waals surface area contributed by atoms with Crippen molar-refractivity contribution in [1.29, 1.82) is 0 Å². The zero-order chi connectivity index (χ0) is 7.98. The summed E-state index contributed by atoms with van der Waals surface area (Å²) in [6.07, 6.45) is 5.58. The summed E-state index contributed by atoms with van der Waals surface area (Å²) in [6, 6.07) is 0. The number of hydrogen-bond acceptors (Lipinski definition) is 2. The van der Waals surface area contributed by atoms with Crippen LogP contribution in [0.25, 0.3) is 0 Å². The van der Waals surface area contributed by atoms with Crippen molar-refractivity contribution < 1.29 is 9.59 Å². The molecule has 1 aliphatic rings. The van der Waals surface area contributed by atoms with Gasteiger partial charge in [0.1, 0.15) is 11.6 Å². The fourth-order valence-corrected chi connectivity index (χ4v) is 0.351. The summed E-state index contributed by atoms with van der Waals surface area (Å²) in [5, 5.41) is 0. The van der Waals surface area contributed by atoms with Crippen molar-refractivity contribution in [3.05, 3.63) is 12.2 Å². The van der Waals surface area contributed by atoms with E-state index >= 15 is 0 Å². The number of hydrogen-bond donors (Lipinski definition) is 0. The first kappa shape index (κ1) is 9.08. The number of allylic oxidation sites excluding steroid dienone is 2. The molecule has 0 atom stereocenters. The van der Waals surface area contributed by atoms with Crippen LogP contribution >= 0.6 is 0 Å². The van der Waals surface area contributed by atoms with Crippen molar-refractivity contribution in [2.24, 2.45) is 0 Å². The van der Waals surface area contributed by atoms with Gasteiger partial charge in [0.2, 0.25) is 0 Å². The van der Waals surface area contributed by atoms with Gasteiger partial charge in [0.25, 0.3) is 0 Å². The maximum atomic E-state index is 10.0. The lowest BCUT2D eigenvalue weighted by Gasteiger charge is -1.81. The number of carbonyl (C=O) groups excluding carboxylic acids is 2. The zero-order valence-electron chi connectivity index (χ0n) is 6.39. The molecule has 0 aromatic heterocycles. The normalized spacial score (nSPS) is 11.4. The molecule has 2 nitrogen and oxygen atoms in total. The predicted molar refractivity (Wildman–Crippen MR) is 39.7 cm³/mol. The Morgan fingerprint density at radius 2 is 1.50 bits per heavy atom. The van der Waals surface area contributed by atoms with Crippen LogP contribution in [0.3, 0.4) is 0 Å². The fourth-order valence-electron chi connectivity index (χ4n) is 0.351. The molecule has 0 radical (unpaired) electrons. The molecule has 0 N–H and O–H groups in total. The first-order valence-corrected chi connectivity index (χ1v) is 3.27. The molecule has 0 aliphatic heterocycles. The Morgan fingerprint density at radius 1 is 1.20 bits per heavy atom. The Balaban J connectivity index is 0.000000219. The lowest BCUT2D eigenvalue weighted by Crippen LogP contribution is -1.97. The third kappa shape index (κ3) is 15.7. The summed E-state index contributed by atoms with van der Waals surface area (Å²) in [7, 11) is 0. The van der Waals surface area contributed by atoms with E-state index in [4.69, 9.17) is 0 Å². The van der Waals surface area contributed by atoms with Crippen molar-refractivity contribution in [2.75, 3.05) is 0 Å². The molecule has 0 bridgehead atoms. The summed E-state index contributed by atoms with van der Waals surface area (Å²) in [4.78, 5) is 20.1. The largest absolute Gasteiger partial charge is 0.300 e. The molecular weight excluding hydrogens is 128 g/mol. The Labute approximate surface area is 60.9 Å². The second-order valence-corrected chi connectivity index (χ2v) is 2.29. The zero-order valence-corrected chi connectivity index (χ0v) is 6.39. The van der Waals surface area contributed by atoms with Gasteiger partial charge in [0.15, 0.2) is 0 Å². The van der Waals surface area contributed by atoms with Gasteiger partial charge >= 0.3 is 0 Å². The van der Waals surface area contributed by atoms with Crippen LogP contribution < -0.4 is 0 Å². The Kier molecular flexibility index (Phi) is 4.46. The smallest absolute Gasteiger partial charge is 0.137 e. The minimum atomic E-state index is -0.0625. The summed E-state index contributed by atoms with van der Waals surface area (Å²) >= 11 is 0. The maximum Gasteiger partial charge on any atom is 0.137 e. The molecule has 0 aromatic carbocycles.